The van der Waals surface area contributed by atoms with E-state index in [1.165, 1.54) is 30.4 Å². The first kappa shape index (κ1) is 26.6. The summed E-state index contributed by atoms with van der Waals surface area (Å²) in [5.74, 6) is 1.09. The van der Waals surface area contributed by atoms with Gasteiger partial charge in [0.05, 0.1) is 12.6 Å². The molecular weight excluding hydrogens is 474 g/mol. The van der Waals surface area contributed by atoms with Gasteiger partial charge in [-0.15, -0.1) is 11.3 Å². The van der Waals surface area contributed by atoms with Gasteiger partial charge in [0, 0.05) is 31.6 Å². The molecule has 1 saturated heterocycles. The van der Waals surface area contributed by atoms with E-state index in [9.17, 15) is 9.59 Å². The highest BCUT2D eigenvalue weighted by atomic mass is 32.1. The van der Waals surface area contributed by atoms with E-state index in [4.69, 9.17) is 9.47 Å². The Kier molecular flexibility index (Phi) is 9.40. The van der Waals surface area contributed by atoms with E-state index in [0.29, 0.717) is 25.6 Å². The molecule has 2 amide bonds. The molecule has 0 saturated carbocycles. The number of rotatable bonds is 11. The number of ether oxygens (including phenoxy) is 2. The minimum atomic E-state index is -0.171. The van der Waals surface area contributed by atoms with Gasteiger partial charge in [0.25, 0.3) is 0 Å². The van der Waals surface area contributed by atoms with E-state index in [0.717, 1.165) is 37.4 Å². The number of benzene rings is 1. The molecule has 0 spiro atoms. The largest absolute Gasteiger partial charge is 0.491 e. The van der Waals surface area contributed by atoms with Crippen molar-refractivity contribution < 1.29 is 19.1 Å². The van der Waals surface area contributed by atoms with Crippen LogP contribution in [0.1, 0.15) is 54.7 Å². The van der Waals surface area contributed by atoms with Crippen LogP contribution in [-0.2, 0) is 20.7 Å². The second kappa shape index (κ2) is 12.7. The summed E-state index contributed by atoms with van der Waals surface area (Å²) in [5.41, 5.74) is 2.43. The monoisotopic (exact) mass is 513 g/mol. The van der Waals surface area contributed by atoms with Crippen molar-refractivity contribution in [2.24, 2.45) is 0 Å². The smallest absolute Gasteiger partial charge is 0.249 e. The van der Waals surface area contributed by atoms with E-state index in [-0.39, 0.29) is 31.0 Å². The van der Waals surface area contributed by atoms with Gasteiger partial charge in [-0.05, 0) is 73.0 Å². The van der Waals surface area contributed by atoms with Gasteiger partial charge in [-0.3, -0.25) is 9.59 Å². The summed E-state index contributed by atoms with van der Waals surface area (Å²) in [6.45, 7) is 8.86. The van der Waals surface area contributed by atoms with Crippen LogP contribution in [0.15, 0.2) is 35.7 Å². The summed E-state index contributed by atoms with van der Waals surface area (Å²) in [6.07, 6.45) is 3.23. The first-order valence-electron chi connectivity index (χ1n) is 13.0. The van der Waals surface area contributed by atoms with Gasteiger partial charge in [0.2, 0.25) is 11.8 Å². The summed E-state index contributed by atoms with van der Waals surface area (Å²) >= 11 is 1.74. The van der Waals surface area contributed by atoms with E-state index < -0.39 is 0 Å². The molecule has 8 heteroatoms. The maximum Gasteiger partial charge on any atom is 0.249 e. The molecule has 0 bridgehead atoms. The van der Waals surface area contributed by atoms with Crippen molar-refractivity contribution in [1.82, 2.24) is 14.7 Å². The number of hydrogen-bond donors (Lipinski definition) is 0. The lowest BCUT2D eigenvalue weighted by Crippen LogP contribution is -2.49. The average molecular weight is 514 g/mol. The molecule has 1 aromatic carbocycles. The zero-order valence-electron chi connectivity index (χ0n) is 21.8. The van der Waals surface area contributed by atoms with Crippen LogP contribution in [0, 0.1) is 0 Å². The van der Waals surface area contributed by atoms with Crippen molar-refractivity contribution >= 4 is 23.2 Å². The van der Waals surface area contributed by atoms with Crippen molar-refractivity contribution in [1.29, 1.82) is 0 Å². The summed E-state index contributed by atoms with van der Waals surface area (Å²) in [5, 5.41) is 2.09. The lowest BCUT2D eigenvalue weighted by atomic mass is 10.00. The summed E-state index contributed by atoms with van der Waals surface area (Å²) < 4.78 is 11.3. The molecule has 1 aromatic heterocycles. The second-order valence-corrected chi connectivity index (χ2v) is 11.0. The fourth-order valence-corrected chi connectivity index (χ4v) is 5.96. The summed E-state index contributed by atoms with van der Waals surface area (Å²) in [7, 11) is 1.52. The molecule has 1 fully saturated rings. The van der Waals surface area contributed by atoms with Gasteiger partial charge in [-0.25, -0.2) is 0 Å². The highest BCUT2D eigenvalue weighted by molar-refractivity contribution is 7.10. The minimum absolute atomic E-state index is 0.0130. The Labute approximate surface area is 219 Å². The van der Waals surface area contributed by atoms with Gasteiger partial charge in [0.15, 0.2) is 0 Å². The molecule has 7 nitrogen and oxygen atoms in total. The number of carbonyl (C=O) groups excluding carboxylic acids is 2. The zero-order valence-corrected chi connectivity index (χ0v) is 22.6. The van der Waals surface area contributed by atoms with Crippen molar-refractivity contribution in [3.05, 3.63) is 51.7 Å². The van der Waals surface area contributed by atoms with Crippen LogP contribution in [-0.4, -0.2) is 86.1 Å². The van der Waals surface area contributed by atoms with Gasteiger partial charge in [0.1, 0.15) is 19.0 Å². The van der Waals surface area contributed by atoms with Gasteiger partial charge >= 0.3 is 0 Å². The molecule has 3 heterocycles. The third kappa shape index (κ3) is 6.66. The van der Waals surface area contributed by atoms with Gasteiger partial charge < -0.3 is 24.2 Å². The topological polar surface area (TPSA) is 62.3 Å². The third-order valence-corrected chi connectivity index (χ3v) is 8.20. The maximum absolute atomic E-state index is 13.6. The van der Waals surface area contributed by atoms with Gasteiger partial charge in [-0.1, -0.05) is 26.0 Å². The van der Waals surface area contributed by atoms with Crippen molar-refractivity contribution in [3.63, 3.8) is 0 Å². The number of carbonyl (C=O) groups is 2. The molecule has 2 aliphatic rings. The SMILES string of the molecule is COCC(=O)N(CCN1CCCC1)CC(=O)N1CCc2sccc2C1COc1ccc(C(C)C)cc1. The predicted octanol–water partition coefficient (Wildman–Crippen LogP) is 3.95. The molecular formula is C28H39N3O4S. The summed E-state index contributed by atoms with van der Waals surface area (Å²) in [4.78, 5) is 33.6. The molecule has 2 aromatic rings. The van der Waals surface area contributed by atoms with Crippen LogP contribution in [0.4, 0.5) is 0 Å². The van der Waals surface area contributed by atoms with Crippen LogP contribution in [0.2, 0.25) is 0 Å². The number of fused-ring (bicyclic) bond motifs is 1. The first-order chi connectivity index (χ1) is 17.5. The fourth-order valence-electron chi connectivity index (χ4n) is 5.03. The van der Waals surface area contributed by atoms with E-state index in [2.05, 4.69) is 42.3 Å². The number of nitrogens with zero attached hydrogens (tertiary/aromatic N) is 3. The molecule has 0 N–H and O–H groups in total. The third-order valence-electron chi connectivity index (χ3n) is 7.20. The Morgan fingerprint density at radius 1 is 1.11 bits per heavy atom. The number of hydrogen-bond acceptors (Lipinski definition) is 6. The first-order valence-corrected chi connectivity index (χ1v) is 13.9. The molecule has 0 radical (unpaired) electrons. The van der Waals surface area contributed by atoms with E-state index in [1.54, 1.807) is 16.2 Å². The Hall–Kier alpha value is -2.42. The van der Waals surface area contributed by atoms with Crippen LogP contribution in [0.3, 0.4) is 0 Å². The molecule has 1 atom stereocenters. The Morgan fingerprint density at radius 2 is 1.86 bits per heavy atom. The lowest BCUT2D eigenvalue weighted by molar-refractivity contribution is -0.144. The van der Waals surface area contributed by atoms with Crippen LogP contribution in [0.25, 0.3) is 0 Å². The maximum atomic E-state index is 13.6. The minimum Gasteiger partial charge on any atom is -0.491 e. The van der Waals surface area contributed by atoms with Crippen LogP contribution < -0.4 is 4.74 Å². The standard InChI is InChI=1S/C28H39N3O4S/c1-21(2)22-6-8-23(9-7-22)35-19-25-24-11-17-36-26(24)10-14-31(25)27(32)18-30(28(33)20-34-3)16-15-29-12-4-5-13-29/h6-9,11,17,21,25H,4-5,10,12-16,18-20H2,1-3H3. The van der Waals surface area contributed by atoms with Gasteiger partial charge in [-0.2, -0.15) is 0 Å². The quantitative estimate of drug-likeness (QED) is 0.455. The molecule has 196 valence electrons. The molecule has 1 unspecified atom stereocenters. The van der Waals surface area contributed by atoms with Crippen molar-refractivity contribution in [3.8, 4) is 5.75 Å². The molecule has 36 heavy (non-hydrogen) atoms. The summed E-state index contributed by atoms with van der Waals surface area (Å²) in [6, 6.07) is 10.1. The van der Waals surface area contributed by atoms with Crippen LogP contribution in [0.5, 0.6) is 5.75 Å². The molecule has 0 aliphatic carbocycles. The Balaban J connectivity index is 1.44. The highest BCUT2D eigenvalue weighted by Crippen LogP contribution is 2.34. The number of amides is 2. The number of likely N-dealkylation sites (tertiary alicyclic amines) is 1. The Bertz CT molecular complexity index is 1000. The molecule has 4 rings (SSSR count). The Morgan fingerprint density at radius 3 is 2.56 bits per heavy atom. The lowest BCUT2D eigenvalue weighted by Gasteiger charge is -2.37. The number of thiophene rings is 1. The van der Waals surface area contributed by atoms with E-state index in [1.807, 2.05) is 17.0 Å². The second-order valence-electron chi connectivity index (χ2n) is 9.98. The number of methoxy groups -OCH3 is 1. The van der Waals surface area contributed by atoms with Crippen LogP contribution >= 0.6 is 11.3 Å². The average Bonchev–Trinajstić information content (AvgIpc) is 3.57. The predicted molar refractivity (Wildman–Crippen MR) is 143 cm³/mol. The zero-order chi connectivity index (χ0) is 25.5. The highest BCUT2D eigenvalue weighted by Gasteiger charge is 2.33. The van der Waals surface area contributed by atoms with E-state index >= 15 is 0 Å². The molecule has 2 aliphatic heterocycles. The fraction of sp³-hybridized carbons (Fsp3) is 0.571. The normalized spacial score (nSPS) is 17.9. The van der Waals surface area contributed by atoms with Crippen molar-refractivity contribution in [2.45, 2.75) is 45.1 Å². The van der Waals surface area contributed by atoms with Crippen molar-refractivity contribution in [2.75, 3.05) is 59.6 Å².